The molecule has 2 aromatic heterocycles. The molecule has 1 N–H and O–H groups in total. The highest BCUT2D eigenvalue weighted by molar-refractivity contribution is 6.30. The molecule has 0 saturated carbocycles. The molecule has 0 saturated heterocycles. The second-order valence-electron chi connectivity index (χ2n) is 4.99. The van der Waals surface area contributed by atoms with Gasteiger partial charge in [-0.3, -0.25) is 4.98 Å². The molecule has 0 bridgehead atoms. The second-order valence-corrected chi connectivity index (χ2v) is 5.43. The van der Waals surface area contributed by atoms with Crippen molar-refractivity contribution in [3.63, 3.8) is 0 Å². The number of rotatable bonds is 4. The maximum atomic E-state index is 13.8. The third kappa shape index (κ3) is 3.17. The SMILES string of the molecule is COc1cc2c(N[C@@H](C)c3ccc(Cl)cn3)ncnc2cc1F. The molecule has 0 radical (unpaired) electrons. The van der Waals surface area contributed by atoms with Crippen LogP contribution < -0.4 is 10.1 Å². The molecule has 7 heteroatoms. The Labute approximate surface area is 137 Å². The van der Waals surface area contributed by atoms with Crippen LogP contribution in [0.2, 0.25) is 5.02 Å². The number of ether oxygens (including phenoxy) is 1. The largest absolute Gasteiger partial charge is 0.494 e. The van der Waals surface area contributed by atoms with Gasteiger partial charge in [0.25, 0.3) is 0 Å². The fourth-order valence-corrected chi connectivity index (χ4v) is 2.36. The molecule has 2 heterocycles. The highest BCUT2D eigenvalue weighted by Gasteiger charge is 2.13. The summed E-state index contributed by atoms with van der Waals surface area (Å²) in [5.41, 5.74) is 1.31. The predicted molar refractivity (Wildman–Crippen MR) is 87.3 cm³/mol. The number of hydrogen-bond donors (Lipinski definition) is 1. The Bertz CT molecular complexity index is 841. The van der Waals surface area contributed by atoms with Gasteiger partial charge in [-0.25, -0.2) is 14.4 Å². The van der Waals surface area contributed by atoms with Gasteiger partial charge in [0.05, 0.1) is 29.4 Å². The van der Waals surface area contributed by atoms with Gasteiger partial charge in [0, 0.05) is 17.6 Å². The van der Waals surface area contributed by atoms with Crippen LogP contribution >= 0.6 is 11.6 Å². The quantitative estimate of drug-likeness (QED) is 0.782. The van der Waals surface area contributed by atoms with E-state index in [-0.39, 0.29) is 11.8 Å². The number of pyridine rings is 1. The van der Waals surface area contributed by atoms with E-state index in [0.29, 0.717) is 21.7 Å². The van der Waals surface area contributed by atoms with E-state index in [1.54, 1.807) is 18.3 Å². The van der Waals surface area contributed by atoms with Crippen LogP contribution in [0.25, 0.3) is 10.9 Å². The van der Waals surface area contributed by atoms with Crippen molar-refractivity contribution in [3.8, 4) is 5.75 Å². The topological polar surface area (TPSA) is 59.9 Å². The van der Waals surface area contributed by atoms with Gasteiger partial charge in [-0.2, -0.15) is 0 Å². The van der Waals surface area contributed by atoms with Gasteiger partial charge in [0.1, 0.15) is 12.1 Å². The van der Waals surface area contributed by atoms with Crippen molar-refractivity contribution in [1.29, 1.82) is 0 Å². The van der Waals surface area contributed by atoms with Crippen molar-refractivity contribution in [2.75, 3.05) is 12.4 Å². The Morgan fingerprint density at radius 3 is 2.74 bits per heavy atom. The van der Waals surface area contributed by atoms with Gasteiger partial charge in [-0.05, 0) is 25.1 Å². The molecular formula is C16H14ClFN4O. The van der Waals surface area contributed by atoms with Crippen LogP contribution in [0.5, 0.6) is 5.75 Å². The predicted octanol–water partition coefficient (Wildman–Crippen LogP) is 4.00. The van der Waals surface area contributed by atoms with Crippen LogP contribution in [-0.2, 0) is 0 Å². The molecule has 5 nitrogen and oxygen atoms in total. The van der Waals surface area contributed by atoms with Gasteiger partial charge in [-0.15, -0.1) is 0 Å². The summed E-state index contributed by atoms with van der Waals surface area (Å²) >= 11 is 5.85. The third-order valence-corrected chi connectivity index (χ3v) is 3.68. The average molecular weight is 333 g/mol. The molecular weight excluding hydrogens is 319 g/mol. The summed E-state index contributed by atoms with van der Waals surface area (Å²) in [7, 11) is 1.42. The average Bonchev–Trinajstić information content (AvgIpc) is 2.55. The molecule has 0 amide bonds. The van der Waals surface area contributed by atoms with Crippen molar-refractivity contribution >= 4 is 28.3 Å². The zero-order chi connectivity index (χ0) is 16.4. The van der Waals surface area contributed by atoms with Gasteiger partial charge < -0.3 is 10.1 Å². The summed E-state index contributed by atoms with van der Waals surface area (Å²) in [4.78, 5) is 12.6. The molecule has 0 spiro atoms. The number of benzene rings is 1. The summed E-state index contributed by atoms with van der Waals surface area (Å²) in [6.07, 6.45) is 2.98. The van der Waals surface area contributed by atoms with Crippen molar-refractivity contribution in [2.45, 2.75) is 13.0 Å². The maximum Gasteiger partial charge on any atom is 0.167 e. The maximum absolute atomic E-state index is 13.8. The lowest BCUT2D eigenvalue weighted by Gasteiger charge is -2.15. The van der Waals surface area contributed by atoms with Gasteiger partial charge in [0.15, 0.2) is 11.6 Å². The van der Waals surface area contributed by atoms with Crippen LogP contribution in [0.3, 0.4) is 0 Å². The van der Waals surface area contributed by atoms with Gasteiger partial charge in [0.2, 0.25) is 0 Å². The van der Waals surface area contributed by atoms with Crippen molar-refractivity contribution < 1.29 is 9.13 Å². The van der Waals surface area contributed by atoms with E-state index in [1.165, 1.54) is 19.5 Å². The van der Waals surface area contributed by atoms with E-state index < -0.39 is 5.82 Å². The number of nitrogens with zero attached hydrogens (tertiary/aromatic N) is 3. The Kier molecular flexibility index (Phi) is 4.25. The molecule has 0 fully saturated rings. The molecule has 0 aliphatic carbocycles. The summed E-state index contributed by atoms with van der Waals surface area (Å²) < 4.78 is 18.8. The monoisotopic (exact) mass is 332 g/mol. The molecule has 0 aliphatic heterocycles. The van der Waals surface area contributed by atoms with Gasteiger partial charge >= 0.3 is 0 Å². The first kappa shape index (κ1) is 15.4. The molecule has 3 aromatic rings. The number of nitrogens with one attached hydrogen (secondary N) is 1. The molecule has 23 heavy (non-hydrogen) atoms. The van der Waals surface area contributed by atoms with E-state index in [4.69, 9.17) is 16.3 Å². The van der Waals surface area contributed by atoms with E-state index in [9.17, 15) is 4.39 Å². The smallest absolute Gasteiger partial charge is 0.167 e. The number of aromatic nitrogens is 3. The molecule has 3 rings (SSSR count). The van der Waals surface area contributed by atoms with Crippen LogP contribution in [0, 0.1) is 5.82 Å². The van der Waals surface area contributed by atoms with E-state index >= 15 is 0 Å². The fraction of sp³-hybridized carbons (Fsp3) is 0.188. The standard InChI is InChI=1S/C16H14ClFN4O/c1-9(13-4-3-10(17)7-19-13)22-16-11-5-15(23-2)12(18)6-14(11)20-8-21-16/h3-9H,1-2H3,(H,20,21,22)/t9-/m0/s1. The summed E-state index contributed by atoms with van der Waals surface area (Å²) in [5, 5.41) is 4.51. The third-order valence-electron chi connectivity index (χ3n) is 3.46. The van der Waals surface area contributed by atoms with Crippen LogP contribution in [0.1, 0.15) is 18.7 Å². The molecule has 0 aliphatic rings. The lowest BCUT2D eigenvalue weighted by molar-refractivity contribution is 0.387. The number of fused-ring (bicyclic) bond motifs is 1. The first-order chi connectivity index (χ1) is 11.1. The summed E-state index contributed by atoms with van der Waals surface area (Å²) in [5.74, 6) is 0.266. The van der Waals surface area contributed by atoms with E-state index in [2.05, 4.69) is 20.3 Å². The highest BCUT2D eigenvalue weighted by atomic mass is 35.5. The fourth-order valence-electron chi connectivity index (χ4n) is 2.25. The molecule has 1 aromatic carbocycles. The molecule has 118 valence electrons. The zero-order valence-electron chi connectivity index (χ0n) is 12.5. The summed E-state index contributed by atoms with van der Waals surface area (Å²) in [6.45, 7) is 1.95. The lowest BCUT2D eigenvalue weighted by atomic mass is 10.1. The Hall–Kier alpha value is -2.47. The lowest BCUT2D eigenvalue weighted by Crippen LogP contribution is -2.10. The first-order valence-electron chi connectivity index (χ1n) is 6.94. The molecule has 1 atom stereocenters. The second kappa shape index (κ2) is 6.34. The molecule has 0 unspecified atom stereocenters. The number of methoxy groups -OCH3 is 1. The Morgan fingerprint density at radius 1 is 1.22 bits per heavy atom. The van der Waals surface area contributed by atoms with Crippen LogP contribution in [0.4, 0.5) is 10.2 Å². The minimum atomic E-state index is -0.461. The minimum Gasteiger partial charge on any atom is -0.494 e. The number of hydrogen-bond acceptors (Lipinski definition) is 5. The van der Waals surface area contributed by atoms with Gasteiger partial charge in [-0.1, -0.05) is 11.6 Å². The Balaban J connectivity index is 1.97. The summed E-state index contributed by atoms with van der Waals surface area (Å²) in [6, 6.07) is 6.41. The number of halogens is 2. The van der Waals surface area contributed by atoms with Crippen LogP contribution in [0.15, 0.2) is 36.8 Å². The minimum absolute atomic E-state index is 0.110. The Morgan fingerprint density at radius 2 is 2.04 bits per heavy atom. The van der Waals surface area contributed by atoms with Crippen LogP contribution in [-0.4, -0.2) is 22.1 Å². The van der Waals surface area contributed by atoms with Crippen molar-refractivity contribution in [2.24, 2.45) is 0 Å². The highest BCUT2D eigenvalue weighted by Crippen LogP contribution is 2.29. The first-order valence-corrected chi connectivity index (χ1v) is 7.32. The normalized spacial score (nSPS) is 12.2. The zero-order valence-corrected chi connectivity index (χ0v) is 13.3. The number of anilines is 1. The van der Waals surface area contributed by atoms with Crippen molar-refractivity contribution in [3.05, 3.63) is 53.3 Å². The van der Waals surface area contributed by atoms with E-state index in [1.807, 2.05) is 13.0 Å². The van der Waals surface area contributed by atoms with E-state index in [0.717, 1.165) is 5.69 Å². The van der Waals surface area contributed by atoms with Crippen molar-refractivity contribution in [1.82, 2.24) is 15.0 Å².